The summed E-state index contributed by atoms with van der Waals surface area (Å²) in [7, 11) is 3.80. The zero-order chi connectivity index (χ0) is 28.6. The first-order chi connectivity index (χ1) is 19.3. The number of carbonyl (C=O) groups is 1. The number of nitrogens with zero attached hydrogens (tertiary/aromatic N) is 5. The number of aromatic amines is 2. The third-order valence-electron chi connectivity index (χ3n) is 6.85. The Balaban J connectivity index is 1.71. The van der Waals surface area contributed by atoms with Crippen LogP contribution in [0.25, 0.3) is 22.5 Å². The van der Waals surface area contributed by atoms with Gasteiger partial charge in [-0.2, -0.15) is 5.21 Å². The molecule has 9 nitrogen and oxygen atoms in total. The van der Waals surface area contributed by atoms with E-state index in [4.69, 9.17) is 16.3 Å². The monoisotopic (exact) mass is 563 g/mol. The molecule has 0 radical (unpaired) electrons. The van der Waals surface area contributed by atoms with Crippen molar-refractivity contribution in [3.63, 3.8) is 0 Å². The van der Waals surface area contributed by atoms with Crippen LogP contribution in [-0.4, -0.2) is 61.6 Å². The number of rotatable bonds is 13. The van der Waals surface area contributed by atoms with Gasteiger partial charge in [0.1, 0.15) is 18.0 Å². The molecule has 2 heterocycles. The van der Waals surface area contributed by atoms with Crippen molar-refractivity contribution in [2.24, 2.45) is 5.92 Å². The van der Waals surface area contributed by atoms with Gasteiger partial charge in [-0.05, 0) is 60.8 Å². The van der Waals surface area contributed by atoms with E-state index in [1.165, 1.54) is 0 Å². The van der Waals surface area contributed by atoms with E-state index < -0.39 is 6.10 Å². The Bertz CT molecular complexity index is 1370. The van der Waals surface area contributed by atoms with E-state index >= 15 is 0 Å². The molecule has 0 amide bonds. The molecule has 0 saturated heterocycles. The molecular formula is C30H38ClN7O2. The lowest BCUT2D eigenvalue weighted by atomic mass is 9.95. The molecule has 0 saturated carbocycles. The molecule has 0 aliphatic rings. The topological polar surface area (TPSA) is 113 Å². The summed E-state index contributed by atoms with van der Waals surface area (Å²) in [6, 6.07) is 15.8. The van der Waals surface area contributed by atoms with E-state index in [0.717, 1.165) is 47.3 Å². The maximum Gasteiger partial charge on any atom is 0.324 e. The lowest BCUT2D eigenvalue weighted by Gasteiger charge is -2.27. The molecule has 2 N–H and O–H groups in total. The Morgan fingerprint density at radius 3 is 2.52 bits per heavy atom. The average molecular weight is 564 g/mol. The molecule has 0 spiro atoms. The first-order valence-corrected chi connectivity index (χ1v) is 14.2. The highest BCUT2D eigenvalue weighted by molar-refractivity contribution is 6.30. The van der Waals surface area contributed by atoms with Gasteiger partial charge in [-0.3, -0.25) is 9.69 Å². The lowest BCUT2D eigenvalue weighted by Crippen LogP contribution is -2.39. The van der Waals surface area contributed by atoms with Crippen LogP contribution in [0, 0.1) is 5.92 Å². The van der Waals surface area contributed by atoms with Gasteiger partial charge in [-0.1, -0.05) is 81.3 Å². The number of hydrogen-bond acceptors (Lipinski definition) is 7. The van der Waals surface area contributed by atoms with Crippen LogP contribution in [-0.2, 0) is 22.4 Å². The van der Waals surface area contributed by atoms with Gasteiger partial charge >= 0.3 is 5.97 Å². The van der Waals surface area contributed by atoms with Gasteiger partial charge in [0.25, 0.3) is 0 Å². The molecule has 0 aliphatic heterocycles. The fraction of sp³-hybridized carbons (Fsp3) is 0.433. The van der Waals surface area contributed by atoms with Gasteiger partial charge in [0.15, 0.2) is 5.15 Å². The molecule has 0 fully saturated rings. The Labute approximate surface area is 240 Å². The highest BCUT2D eigenvalue weighted by Gasteiger charge is 2.30. The summed E-state index contributed by atoms with van der Waals surface area (Å²) in [4.78, 5) is 23.3. The molecule has 4 aromatic rings. The van der Waals surface area contributed by atoms with Crippen LogP contribution in [0.1, 0.15) is 63.2 Å². The molecule has 40 heavy (non-hydrogen) atoms. The predicted molar refractivity (Wildman–Crippen MR) is 157 cm³/mol. The molecule has 4 rings (SSSR count). The van der Waals surface area contributed by atoms with Crippen molar-refractivity contribution in [2.75, 3.05) is 14.1 Å². The second kappa shape index (κ2) is 13.7. The summed E-state index contributed by atoms with van der Waals surface area (Å²) in [6.07, 6.45) is 3.22. The van der Waals surface area contributed by atoms with Crippen LogP contribution in [0.3, 0.4) is 0 Å². The quantitative estimate of drug-likeness (QED) is 0.190. The number of hydrogen-bond donors (Lipinski definition) is 2. The number of benzene rings is 2. The summed E-state index contributed by atoms with van der Waals surface area (Å²) < 4.78 is 6.22. The number of halogens is 1. The van der Waals surface area contributed by atoms with Crippen LogP contribution in [0.15, 0.2) is 48.5 Å². The molecule has 0 unspecified atom stereocenters. The van der Waals surface area contributed by atoms with Crippen molar-refractivity contribution in [1.29, 1.82) is 0 Å². The molecule has 0 bridgehead atoms. The van der Waals surface area contributed by atoms with Gasteiger partial charge < -0.3 is 9.72 Å². The van der Waals surface area contributed by atoms with Crippen LogP contribution in [0.2, 0.25) is 5.15 Å². The summed E-state index contributed by atoms with van der Waals surface area (Å²) in [5.74, 6) is 1.32. The van der Waals surface area contributed by atoms with E-state index in [0.29, 0.717) is 35.4 Å². The fourth-order valence-electron chi connectivity index (χ4n) is 4.74. The second-order valence-electron chi connectivity index (χ2n) is 10.7. The molecule has 2 aromatic carbocycles. The maximum absolute atomic E-state index is 13.5. The third kappa shape index (κ3) is 7.34. The zero-order valence-corrected chi connectivity index (χ0v) is 24.6. The largest absolute Gasteiger partial charge is 0.454 e. The minimum atomic E-state index is -0.654. The van der Waals surface area contributed by atoms with Gasteiger partial charge in [0, 0.05) is 18.4 Å². The molecule has 10 heteroatoms. The smallest absolute Gasteiger partial charge is 0.324 e. The first-order valence-electron chi connectivity index (χ1n) is 13.8. The van der Waals surface area contributed by atoms with E-state index in [9.17, 15) is 4.79 Å². The van der Waals surface area contributed by atoms with Crippen LogP contribution in [0.5, 0.6) is 0 Å². The maximum atomic E-state index is 13.5. The highest BCUT2D eigenvalue weighted by Crippen LogP contribution is 2.34. The van der Waals surface area contributed by atoms with E-state index in [2.05, 4.69) is 51.4 Å². The molecule has 0 aliphatic carbocycles. The van der Waals surface area contributed by atoms with Crippen molar-refractivity contribution in [3.8, 4) is 22.5 Å². The number of aryl methyl sites for hydroxylation is 1. The molecule has 212 valence electrons. The normalized spacial score (nSPS) is 13.1. The number of esters is 1. The molecular weight excluding hydrogens is 526 g/mol. The number of H-pyrrole nitrogens is 2. The van der Waals surface area contributed by atoms with Crippen molar-refractivity contribution in [3.05, 3.63) is 70.8 Å². The molecule has 2 atom stereocenters. The van der Waals surface area contributed by atoms with Gasteiger partial charge in [-0.25, -0.2) is 4.98 Å². The summed E-state index contributed by atoms with van der Waals surface area (Å²) in [6.45, 7) is 6.33. The van der Waals surface area contributed by atoms with Crippen LogP contribution < -0.4 is 0 Å². The number of tetrazole rings is 1. The summed E-state index contributed by atoms with van der Waals surface area (Å²) >= 11 is 6.64. The number of imidazole rings is 1. The van der Waals surface area contributed by atoms with Gasteiger partial charge in [0.2, 0.25) is 5.82 Å². The number of nitrogens with one attached hydrogen (secondary N) is 2. The average Bonchev–Trinajstić information content (AvgIpc) is 3.60. The number of likely N-dealkylation sites (N-methyl/N-ethyl adjacent to an activating group) is 1. The number of ether oxygens (including phenoxy) is 1. The Kier molecular flexibility index (Phi) is 10.1. The fourth-order valence-corrected chi connectivity index (χ4v) is 5.01. The van der Waals surface area contributed by atoms with E-state index in [1.807, 2.05) is 67.5 Å². The van der Waals surface area contributed by atoms with Gasteiger partial charge in [-0.15, -0.1) is 10.2 Å². The first kappa shape index (κ1) is 29.4. The minimum absolute atomic E-state index is 0.288. The zero-order valence-electron chi connectivity index (χ0n) is 23.8. The Hall–Kier alpha value is -3.56. The predicted octanol–water partition coefficient (Wildman–Crippen LogP) is 6.06. The van der Waals surface area contributed by atoms with Crippen molar-refractivity contribution in [1.82, 2.24) is 35.5 Å². The lowest BCUT2D eigenvalue weighted by molar-refractivity contribution is -0.155. The van der Waals surface area contributed by atoms with Crippen molar-refractivity contribution < 1.29 is 9.53 Å². The van der Waals surface area contributed by atoms with Crippen molar-refractivity contribution >= 4 is 17.6 Å². The van der Waals surface area contributed by atoms with E-state index in [-0.39, 0.29) is 12.0 Å². The SMILES string of the molecule is CCCCc1nc(Cl)c([C@H](Cc2ccc(-c3ccccc3)c(-c3nn[nH]n3)c2)OC(=O)[C@H](CC(C)C)N(C)C)[nH]1. The number of unbranched alkanes of at least 4 members (excludes halogenated alkanes) is 1. The van der Waals surface area contributed by atoms with Gasteiger partial charge in [0.05, 0.1) is 5.69 Å². The Morgan fingerprint density at radius 1 is 1.10 bits per heavy atom. The van der Waals surface area contributed by atoms with Crippen LogP contribution >= 0.6 is 11.6 Å². The Morgan fingerprint density at radius 2 is 1.88 bits per heavy atom. The van der Waals surface area contributed by atoms with Crippen LogP contribution in [0.4, 0.5) is 0 Å². The molecule has 2 aromatic heterocycles. The standard InChI is InChI=1S/C30H38ClN7O2/c1-6-7-13-26-32-27(28(31)33-26)25(40-30(39)24(38(4)5)16-19(2)3)18-20-14-15-22(21-11-9-8-10-12-21)23(17-20)29-34-36-37-35-29/h8-12,14-15,17,19,24-25H,6-7,13,16,18H2,1-5H3,(H,32,33)(H,34,35,36,37)/t24-,25-/m0/s1. The van der Waals surface area contributed by atoms with E-state index in [1.54, 1.807) is 0 Å². The number of carbonyl (C=O) groups excluding carboxylic acids is 1. The third-order valence-corrected chi connectivity index (χ3v) is 7.14. The van der Waals surface area contributed by atoms with Crippen molar-refractivity contribution in [2.45, 2.75) is 65.0 Å². The minimum Gasteiger partial charge on any atom is -0.454 e. The number of aromatic nitrogens is 6. The summed E-state index contributed by atoms with van der Waals surface area (Å²) in [5, 5.41) is 15.1. The second-order valence-corrected chi connectivity index (χ2v) is 11.1. The highest BCUT2D eigenvalue weighted by atomic mass is 35.5. The summed E-state index contributed by atoms with van der Waals surface area (Å²) in [5.41, 5.74) is 4.38.